The molecule has 4 aromatic rings. The number of benzene rings is 2. The summed E-state index contributed by atoms with van der Waals surface area (Å²) < 4.78 is 6.67. The van der Waals surface area contributed by atoms with Crippen molar-refractivity contribution in [1.29, 1.82) is 5.53 Å². The molecule has 0 aliphatic rings. The number of anilines is 1. The Hall–Kier alpha value is -5.79. The molecule has 0 radical (unpaired) electrons. The molecule has 0 aliphatic carbocycles. The Bertz CT molecular complexity index is 1600. The van der Waals surface area contributed by atoms with Gasteiger partial charge in [-0.3, -0.25) is 0 Å². The predicted molar refractivity (Wildman–Crippen MR) is 132 cm³/mol. The summed E-state index contributed by atoms with van der Waals surface area (Å²) in [6.07, 6.45) is 2.85. The molecule has 2 aromatic heterocycles. The molecule has 0 saturated carbocycles. The van der Waals surface area contributed by atoms with E-state index in [-0.39, 0.29) is 22.5 Å². The molecular formula is C24H19N7O7. The first-order valence-electron chi connectivity index (χ1n) is 10.7. The van der Waals surface area contributed by atoms with Gasteiger partial charge in [-0.05, 0) is 24.3 Å². The molecule has 2 heterocycles. The summed E-state index contributed by atoms with van der Waals surface area (Å²) in [6, 6.07) is 10.9. The fourth-order valence-corrected chi connectivity index (χ4v) is 3.35. The molecule has 0 fully saturated rings. The van der Waals surface area contributed by atoms with Crippen molar-refractivity contribution in [3.05, 3.63) is 77.7 Å². The van der Waals surface area contributed by atoms with E-state index in [1.165, 1.54) is 66.7 Å². The topological polar surface area (TPSA) is 216 Å². The van der Waals surface area contributed by atoms with E-state index in [4.69, 9.17) is 20.5 Å². The molecule has 38 heavy (non-hydrogen) atoms. The molecule has 0 atom stereocenters. The second kappa shape index (κ2) is 10.4. The van der Waals surface area contributed by atoms with Crippen molar-refractivity contribution in [3.63, 3.8) is 0 Å². The fraction of sp³-hybridized carbons (Fsp3) is 0.0417. The summed E-state index contributed by atoms with van der Waals surface area (Å²) in [4.78, 5) is 26.7. The maximum atomic E-state index is 11.1. The Balaban J connectivity index is 1.65. The van der Waals surface area contributed by atoms with Crippen LogP contribution in [0.1, 0.15) is 26.4 Å². The van der Waals surface area contributed by atoms with Gasteiger partial charge in [-0.2, -0.15) is 5.11 Å². The third kappa shape index (κ3) is 5.23. The number of carboxylic acids is 2. The first kappa shape index (κ1) is 25.3. The number of aromatic carboxylic acids is 2. The van der Waals surface area contributed by atoms with Crippen LogP contribution in [0, 0.1) is 5.53 Å². The van der Waals surface area contributed by atoms with Gasteiger partial charge in [0.2, 0.25) is 0 Å². The number of rotatable bonds is 9. The van der Waals surface area contributed by atoms with Crippen molar-refractivity contribution < 1.29 is 34.8 Å². The molecule has 4 rings (SSSR count). The normalized spacial score (nSPS) is 11.1. The molecule has 192 valence electrons. The monoisotopic (exact) mass is 517 g/mol. The lowest BCUT2D eigenvalue weighted by Gasteiger charge is -2.08. The van der Waals surface area contributed by atoms with Crippen LogP contribution in [0.3, 0.4) is 0 Å². The number of carbonyl (C=O) groups is 2. The maximum Gasteiger partial charge on any atom is 0.339 e. The largest absolute Gasteiger partial charge is 0.507 e. The third-order valence-electron chi connectivity index (χ3n) is 5.25. The molecule has 14 nitrogen and oxygen atoms in total. The van der Waals surface area contributed by atoms with Crippen molar-refractivity contribution in [3.8, 4) is 34.3 Å². The van der Waals surface area contributed by atoms with Gasteiger partial charge < -0.3 is 30.5 Å². The Morgan fingerprint density at radius 3 is 2.29 bits per heavy atom. The van der Waals surface area contributed by atoms with Crippen LogP contribution in [0.5, 0.6) is 17.2 Å². The third-order valence-corrected chi connectivity index (χ3v) is 5.25. The highest BCUT2D eigenvalue weighted by atomic mass is 16.5. The molecule has 2 aromatic carbocycles. The lowest BCUT2D eigenvalue weighted by atomic mass is 10.2. The predicted octanol–water partition coefficient (Wildman–Crippen LogP) is 3.59. The van der Waals surface area contributed by atoms with Crippen molar-refractivity contribution in [2.24, 2.45) is 5.11 Å². The summed E-state index contributed by atoms with van der Waals surface area (Å²) >= 11 is 0. The van der Waals surface area contributed by atoms with Gasteiger partial charge in [0.15, 0.2) is 0 Å². The zero-order valence-corrected chi connectivity index (χ0v) is 19.5. The first-order valence-corrected chi connectivity index (χ1v) is 10.7. The van der Waals surface area contributed by atoms with Gasteiger partial charge in [0.1, 0.15) is 39.8 Å². The Morgan fingerprint density at radius 2 is 1.68 bits per heavy atom. The summed E-state index contributed by atoms with van der Waals surface area (Å²) in [5, 5.41) is 52.4. The minimum absolute atomic E-state index is 0.0773. The van der Waals surface area contributed by atoms with Gasteiger partial charge in [0.25, 0.3) is 0 Å². The van der Waals surface area contributed by atoms with E-state index in [1.807, 2.05) is 0 Å². The summed E-state index contributed by atoms with van der Waals surface area (Å²) in [5.41, 5.74) is 8.71. The maximum absolute atomic E-state index is 11.1. The fourth-order valence-electron chi connectivity index (χ4n) is 3.35. The molecule has 0 aliphatic heterocycles. The molecule has 14 heteroatoms. The molecule has 6 N–H and O–H groups in total. The molecule has 0 bridgehead atoms. The number of pyridine rings is 1. The molecular weight excluding hydrogens is 498 g/mol. The number of nitrogens with one attached hydrogen (secondary N) is 2. The molecule has 0 spiro atoms. The minimum atomic E-state index is -1.27. The van der Waals surface area contributed by atoms with Gasteiger partial charge in [-0.1, -0.05) is 5.21 Å². The average Bonchev–Trinajstić information content (AvgIpc) is 3.39. The van der Waals surface area contributed by atoms with E-state index in [0.717, 1.165) is 0 Å². The van der Waals surface area contributed by atoms with Crippen LogP contribution in [0.4, 0.5) is 5.69 Å². The van der Waals surface area contributed by atoms with E-state index in [1.54, 1.807) is 6.07 Å². The quantitative estimate of drug-likeness (QED) is 0.176. The second-order valence-corrected chi connectivity index (χ2v) is 7.66. The highest BCUT2D eigenvalue weighted by Gasteiger charge is 2.15. The Morgan fingerprint density at radius 1 is 1.00 bits per heavy atom. The van der Waals surface area contributed by atoms with Gasteiger partial charge in [-0.15, -0.1) is 5.10 Å². The van der Waals surface area contributed by atoms with Crippen LogP contribution in [0.2, 0.25) is 0 Å². The lowest BCUT2D eigenvalue weighted by Crippen LogP contribution is -2.00. The number of hydrogen-bond donors (Lipinski definition) is 6. The highest BCUT2D eigenvalue weighted by Crippen LogP contribution is 2.28. The molecule has 0 unspecified atom stereocenters. The lowest BCUT2D eigenvalue weighted by molar-refractivity contribution is 0.0682. The van der Waals surface area contributed by atoms with E-state index < -0.39 is 23.4 Å². The van der Waals surface area contributed by atoms with Gasteiger partial charge in [0.05, 0.1) is 30.4 Å². The first-order chi connectivity index (χ1) is 18.2. The minimum Gasteiger partial charge on any atom is -0.507 e. The van der Waals surface area contributed by atoms with Gasteiger partial charge >= 0.3 is 11.9 Å². The van der Waals surface area contributed by atoms with Crippen molar-refractivity contribution in [2.45, 2.75) is 0 Å². The molecule has 0 amide bonds. The number of aromatic hydroxyl groups is 2. The number of hydrogen-bond acceptors (Lipinski definition) is 11. The van der Waals surface area contributed by atoms with E-state index in [9.17, 15) is 19.8 Å². The number of carboxylic acid groups (broad SMARTS) is 2. The van der Waals surface area contributed by atoms with Crippen LogP contribution >= 0.6 is 0 Å². The van der Waals surface area contributed by atoms with E-state index in [0.29, 0.717) is 28.5 Å². The number of methoxy groups -OCH3 is 1. The van der Waals surface area contributed by atoms with Gasteiger partial charge in [0, 0.05) is 36.2 Å². The van der Waals surface area contributed by atoms with Crippen molar-refractivity contribution >= 4 is 23.3 Å². The number of nitrogens with zero attached hydrogens (tertiary/aromatic N) is 5. The summed E-state index contributed by atoms with van der Waals surface area (Å²) in [7, 11) is 1.44. The number of phenols is 2. The van der Waals surface area contributed by atoms with Crippen molar-refractivity contribution in [1.82, 2.24) is 20.0 Å². The van der Waals surface area contributed by atoms with Crippen LogP contribution in [-0.2, 0) is 0 Å². The van der Waals surface area contributed by atoms with Gasteiger partial charge in [-0.25, -0.2) is 24.8 Å². The van der Waals surface area contributed by atoms with Crippen LogP contribution < -0.4 is 10.1 Å². The molecule has 0 saturated heterocycles. The van der Waals surface area contributed by atoms with Crippen LogP contribution in [-0.4, -0.2) is 59.5 Å². The SMILES string of the molecule is COc1cc(/C(=C/Nc2ccc(C(=O)O)c(O)c2)N=N)nc(-c2cn(-c3ccc(C(=O)O)c(O)c3)nn2)c1. The highest BCUT2D eigenvalue weighted by molar-refractivity contribution is 5.92. The standard InChI is InChI=1S/C24H19N7O7/c1-38-14-8-17(19(28-25)10-26-12-2-4-15(23(34)35)21(32)6-12)27-18(9-14)20-11-31(30-29-20)13-3-5-16(24(36)37)22(33)7-13/h2-11,25-26,32-33H,1H3,(H,34,35)(H,36,37)/b19-10-,28-25?. The van der Waals surface area contributed by atoms with E-state index in [2.05, 4.69) is 25.7 Å². The summed E-state index contributed by atoms with van der Waals surface area (Å²) in [6.45, 7) is 0. The van der Waals surface area contributed by atoms with E-state index >= 15 is 0 Å². The number of aromatic nitrogens is 4. The Labute approximate surface area is 213 Å². The summed E-state index contributed by atoms with van der Waals surface area (Å²) in [5.74, 6) is -3.03. The zero-order chi connectivity index (χ0) is 27.4. The second-order valence-electron chi connectivity index (χ2n) is 7.66. The number of ether oxygens (including phenoxy) is 1. The van der Waals surface area contributed by atoms with Crippen molar-refractivity contribution in [2.75, 3.05) is 12.4 Å². The van der Waals surface area contributed by atoms with Crippen LogP contribution in [0.25, 0.3) is 22.8 Å². The van der Waals surface area contributed by atoms with Crippen LogP contribution in [0.15, 0.2) is 66.0 Å². The average molecular weight is 517 g/mol. The zero-order valence-electron chi connectivity index (χ0n) is 19.5. The smallest absolute Gasteiger partial charge is 0.339 e. The Kier molecular flexibility index (Phi) is 6.96.